The fourth-order valence-corrected chi connectivity index (χ4v) is 2.37. The van der Waals surface area contributed by atoms with Crippen molar-refractivity contribution in [2.24, 2.45) is 0 Å². The van der Waals surface area contributed by atoms with E-state index in [1.807, 2.05) is 13.1 Å². The van der Waals surface area contributed by atoms with Crippen molar-refractivity contribution in [3.05, 3.63) is 29.6 Å². The summed E-state index contributed by atoms with van der Waals surface area (Å²) in [6.07, 6.45) is 1.01. The zero-order valence-electron chi connectivity index (χ0n) is 9.75. The maximum atomic E-state index is 13.1. The van der Waals surface area contributed by atoms with E-state index in [1.165, 1.54) is 6.07 Å². The number of nitrogens with one attached hydrogen (secondary N) is 1. The van der Waals surface area contributed by atoms with Crippen molar-refractivity contribution in [3.8, 4) is 0 Å². The molecule has 0 amide bonds. The summed E-state index contributed by atoms with van der Waals surface area (Å²) in [7, 11) is 3.57. The third kappa shape index (κ3) is 4.51. The summed E-state index contributed by atoms with van der Waals surface area (Å²) in [5.41, 5.74) is 1.02. The lowest BCUT2D eigenvalue weighted by Gasteiger charge is -2.08. The molecule has 1 aromatic carbocycles. The second-order valence-electron chi connectivity index (χ2n) is 3.48. The second kappa shape index (κ2) is 7.65. The fourth-order valence-electron chi connectivity index (χ4n) is 1.40. The van der Waals surface area contributed by atoms with Crippen LogP contribution in [0.5, 0.6) is 0 Å². The van der Waals surface area contributed by atoms with Gasteiger partial charge in [-0.25, -0.2) is 4.39 Å². The molecule has 0 bridgehead atoms. The quantitative estimate of drug-likeness (QED) is 0.587. The standard InChI is InChI=1S/C12H18FNOS/c1-14-9-10-8-11(13)4-5-12(10)16-7-3-6-15-2/h4-5,8,14H,3,6-7,9H2,1-2H3. The molecule has 0 aliphatic carbocycles. The maximum Gasteiger partial charge on any atom is 0.123 e. The first-order chi connectivity index (χ1) is 7.77. The Morgan fingerprint density at radius 3 is 2.94 bits per heavy atom. The number of hydrogen-bond acceptors (Lipinski definition) is 3. The van der Waals surface area contributed by atoms with Crippen LogP contribution in [-0.2, 0) is 11.3 Å². The largest absolute Gasteiger partial charge is 0.385 e. The number of rotatable bonds is 7. The maximum absolute atomic E-state index is 13.1. The Balaban J connectivity index is 2.56. The molecule has 90 valence electrons. The molecule has 16 heavy (non-hydrogen) atoms. The van der Waals surface area contributed by atoms with E-state index in [0.29, 0.717) is 6.54 Å². The average Bonchev–Trinajstić information content (AvgIpc) is 2.27. The zero-order chi connectivity index (χ0) is 11.8. The molecule has 0 saturated carbocycles. The molecule has 0 atom stereocenters. The number of benzene rings is 1. The molecule has 0 aliphatic heterocycles. The van der Waals surface area contributed by atoms with E-state index in [2.05, 4.69) is 5.32 Å². The van der Waals surface area contributed by atoms with Crippen LogP contribution in [0.15, 0.2) is 23.1 Å². The van der Waals surface area contributed by atoms with Gasteiger partial charge >= 0.3 is 0 Å². The Labute approximate surface area is 101 Å². The van der Waals surface area contributed by atoms with Gasteiger partial charge in [0, 0.05) is 30.9 Å². The molecule has 0 saturated heterocycles. The SMILES string of the molecule is CNCc1cc(F)ccc1SCCCOC. The molecule has 0 aromatic heterocycles. The summed E-state index contributed by atoms with van der Waals surface area (Å²) in [6.45, 7) is 1.47. The summed E-state index contributed by atoms with van der Waals surface area (Å²) >= 11 is 1.75. The lowest BCUT2D eigenvalue weighted by molar-refractivity contribution is 0.200. The van der Waals surface area contributed by atoms with Gasteiger partial charge in [-0.05, 0) is 37.2 Å². The summed E-state index contributed by atoms with van der Waals surface area (Å²) < 4.78 is 18.0. The van der Waals surface area contributed by atoms with Crippen molar-refractivity contribution < 1.29 is 9.13 Å². The minimum absolute atomic E-state index is 0.175. The van der Waals surface area contributed by atoms with E-state index >= 15 is 0 Å². The number of thioether (sulfide) groups is 1. The van der Waals surface area contributed by atoms with Crippen LogP contribution < -0.4 is 5.32 Å². The van der Waals surface area contributed by atoms with E-state index in [9.17, 15) is 4.39 Å². The molecule has 0 fully saturated rings. The van der Waals surface area contributed by atoms with E-state index in [1.54, 1.807) is 24.9 Å². The van der Waals surface area contributed by atoms with Gasteiger partial charge in [-0.1, -0.05) is 0 Å². The Hall–Kier alpha value is -0.580. The predicted octanol–water partition coefficient (Wildman–Crippen LogP) is 2.67. The van der Waals surface area contributed by atoms with Gasteiger partial charge in [-0.2, -0.15) is 0 Å². The first-order valence-corrected chi connectivity index (χ1v) is 6.31. The minimum Gasteiger partial charge on any atom is -0.385 e. The van der Waals surface area contributed by atoms with E-state index < -0.39 is 0 Å². The van der Waals surface area contributed by atoms with E-state index in [-0.39, 0.29) is 5.82 Å². The highest BCUT2D eigenvalue weighted by atomic mass is 32.2. The summed E-state index contributed by atoms with van der Waals surface area (Å²) in [5.74, 6) is 0.822. The highest BCUT2D eigenvalue weighted by molar-refractivity contribution is 7.99. The van der Waals surface area contributed by atoms with Crippen LogP contribution in [0.2, 0.25) is 0 Å². The molecule has 1 rings (SSSR count). The van der Waals surface area contributed by atoms with Gasteiger partial charge in [0.15, 0.2) is 0 Å². The number of halogens is 1. The van der Waals surface area contributed by atoms with Crippen LogP contribution in [0.25, 0.3) is 0 Å². The van der Waals surface area contributed by atoms with Gasteiger partial charge in [0.2, 0.25) is 0 Å². The number of ether oxygens (including phenoxy) is 1. The van der Waals surface area contributed by atoms with Crippen molar-refractivity contribution in [2.45, 2.75) is 17.9 Å². The van der Waals surface area contributed by atoms with E-state index in [0.717, 1.165) is 29.2 Å². The van der Waals surface area contributed by atoms with Crippen molar-refractivity contribution in [2.75, 3.05) is 26.5 Å². The van der Waals surface area contributed by atoms with Crippen LogP contribution in [0.1, 0.15) is 12.0 Å². The predicted molar refractivity (Wildman–Crippen MR) is 66.4 cm³/mol. The minimum atomic E-state index is -0.175. The lowest BCUT2D eigenvalue weighted by Crippen LogP contribution is -2.06. The van der Waals surface area contributed by atoms with Gasteiger partial charge < -0.3 is 10.1 Å². The molecule has 0 unspecified atom stereocenters. The third-order valence-corrected chi connectivity index (χ3v) is 3.34. The molecular weight excluding hydrogens is 225 g/mol. The molecule has 2 nitrogen and oxygen atoms in total. The average molecular weight is 243 g/mol. The summed E-state index contributed by atoms with van der Waals surface area (Å²) in [4.78, 5) is 1.15. The molecule has 4 heteroatoms. The zero-order valence-corrected chi connectivity index (χ0v) is 10.6. The lowest BCUT2D eigenvalue weighted by atomic mass is 10.2. The van der Waals surface area contributed by atoms with Crippen LogP contribution >= 0.6 is 11.8 Å². The molecule has 0 aliphatic rings. The van der Waals surface area contributed by atoms with Crippen molar-refractivity contribution in [1.29, 1.82) is 0 Å². The third-order valence-electron chi connectivity index (χ3n) is 2.14. The number of hydrogen-bond donors (Lipinski definition) is 1. The monoisotopic (exact) mass is 243 g/mol. The first kappa shape index (κ1) is 13.5. The Kier molecular flexibility index (Phi) is 6.45. The first-order valence-electron chi connectivity index (χ1n) is 5.32. The normalized spacial score (nSPS) is 10.7. The Bertz CT molecular complexity index is 320. The molecule has 0 radical (unpaired) electrons. The topological polar surface area (TPSA) is 21.3 Å². The van der Waals surface area contributed by atoms with Gasteiger partial charge in [-0.3, -0.25) is 0 Å². The van der Waals surface area contributed by atoms with Gasteiger partial charge in [0.1, 0.15) is 5.82 Å². The van der Waals surface area contributed by atoms with Crippen molar-refractivity contribution >= 4 is 11.8 Å². The smallest absolute Gasteiger partial charge is 0.123 e. The van der Waals surface area contributed by atoms with Crippen LogP contribution in [0.4, 0.5) is 4.39 Å². The highest BCUT2D eigenvalue weighted by Gasteiger charge is 2.04. The summed E-state index contributed by atoms with van der Waals surface area (Å²) in [5, 5.41) is 3.05. The van der Waals surface area contributed by atoms with Crippen molar-refractivity contribution in [1.82, 2.24) is 5.32 Å². The molecule has 1 aromatic rings. The van der Waals surface area contributed by atoms with E-state index in [4.69, 9.17) is 4.74 Å². The van der Waals surface area contributed by atoms with Gasteiger partial charge in [-0.15, -0.1) is 11.8 Å². The molecule has 1 N–H and O–H groups in total. The Morgan fingerprint density at radius 1 is 1.44 bits per heavy atom. The van der Waals surface area contributed by atoms with Crippen molar-refractivity contribution in [3.63, 3.8) is 0 Å². The van der Waals surface area contributed by atoms with Gasteiger partial charge in [0.25, 0.3) is 0 Å². The molecule has 0 spiro atoms. The van der Waals surface area contributed by atoms with Gasteiger partial charge in [0.05, 0.1) is 0 Å². The van der Waals surface area contributed by atoms with Crippen LogP contribution in [0.3, 0.4) is 0 Å². The second-order valence-corrected chi connectivity index (χ2v) is 4.61. The Morgan fingerprint density at radius 2 is 2.25 bits per heavy atom. The molecular formula is C12H18FNOS. The number of methoxy groups -OCH3 is 1. The van der Waals surface area contributed by atoms with Crippen LogP contribution in [-0.4, -0.2) is 26.5 Å². The van der Waals surface area contributed by atoms with Crippen LogP contribution in [0, 0.1) is 5.82 Å². The highest BCUT2D eigenvalue weighted by Crippen LogP contribution is 2.24. The molecule has 0 heterocycles. The fraction of sp³-hybridized carbons (Fsp3) is 0.500. The summed E-state index contributed by atoms with van der Waals surface area (Å²) in [6, 6.07) is 4.95.